The minimum absolute atomic E-state index is 0.136. The Hall–Kier alpha value is -0.910. The minimum Gasteiger partial charge on any atom is -0.496 e. The molecule has 2 rings (SSSR count). The van der Waals surface area contributed by atoms with E-state index in [0.29, 0.717) is 25.6 Å². The molecule has 116 valence electrons. The Morgan fingerprint density at radius 2 is 2.29 bits per heavy atom. The SMILES string of the molecule is COc1ccc(CC(=O)C2CN(C(C)C)CCO2)cc1Br. The second-order valence-corrected chi connectivity index (χ2v) is 6.41. The lowest BCUT2D eigenvalue weighted by atomic mass is 10.0. The first-order chi connectivity index (χ1) is 10.0. The van der Waals surface area contributed by atoms with E-state index in [0.717, 1.165) is 22.3 Å². The van der Waals surface area contributed by atoms with Gasteiger partial charge >= 0.3 is 0 Å². The van der Waals surface area contributed by atoms with E-state index in [-0.39, 0.29) is 11.9 Å². The summed E-state index contributed by atoms with van der Waals surface area (Å²) < 4.78 is 11.7. The molecule has 0 radical (unpaired) electrons. The second-order valence-electron chi connectivity index (χ2n) is 5.56. The van der Waals surface area contributed by atoms with Crippen LogP contribution in [0.15, 0.2) is 22.7 Å². The van der Waals surface area contributed by atoms with Gasteiger partial charge in [0.1, 0.15) is 11.9 Å². The summed E-state index contributed by atoms with van der Waals surface area (Å²) in [5.74, 6) is 0.906. The Labute approximate surface area is 134 Å². The molecule has 1 heterocycles. The first-order valence-corrected chi connectivity index (χ1v) is 8.01. The van der Waals surface area contributed by atoms with Gasteiger partial charge in [-0.05, 0) is 47.5 Å². The van der Waals surface area contributed by atoms with Crippen LogP contribution in [-0.2, 0) is 16.0 Å². The third kappa shape index (κ3) is 4.28. The Morgan fingerprint density at radius 3 is 2.90 bits per heavy atom. The van der Waals surface area contributed by atoms with Crippen molar-refractivity contribution in [1.29, 1.82) is 0 Å². The molecule has 1 unspecified atom stereocenters. The molecule has 0 amide bonds. The highest BCUT2D eigenvalue weighted by Crippen LogP contribution is 2.26. The van der Waals surface area contributed by atoms with Crippen molar-refractivity contribution in [2.24, 2.45) is 0 Å². The first kappa shape index (κ1) is 16.5. The van der Waals surface area contributed by atoms with Gasteiger partial charge in [0, 0.05) is 25.6 Å². The van der Waals surface area contributed by atoms with Crippen LogP contribution in [0.25, 0.3) is 0 Å². The summed E-state index contributed by atoms with van der Waals surface area (Å²) in [6.45, 7) is 6.51. The fourth-order valence-corrected chi connectivity index (χ4v) is 3.06. The van der Waals surface area contributed by atoms with Gasteiger partial charge in [-0.15, -0.1) is 0 Å². The van der Waals surface area contributed by atoms with Crippen molar-refractivity contribution >= 4 is 21.7 Å². The maximum absolute atomic E-state index is 12.4. The van der Waals surface area contributed by atoms with Gasteiger partial charge < -0.3 is 9.47 Å². The van der Waals surface area contributed by atoms with Crippen LogP contribution in [0, 0.1) is 0 Å². The van der Waals surface area contributed by atoms with Gasteiger partial charge in [-0.3, -0.25) is 9.69 Å². The third-order valence-electron chi connectivity index (χ3n) is 3.78. The number of hydrogen-bond acceptors (Lipinski definition) is 4. The number of hydrogen-bond donors (Lipinski definition) is 0. The van der Waals surface area contributed by atoms with Gasteiger partial charge in [0.25, 0.3) is 0 Å². The molecule has 0 aromatic heterocycles. The van der Waals surface area contributed by atoms with E-state index in [1.165, 1.54) is 0 Å². The average Bonchev–Trinajstić information content (AvgIpc) is 2.47. The van der Waals surface area contributed by atoms with Crippen LogP contribution in [0.2, 0.25) is 0 Å². The van der Waals surface area contributed by atoms with Crippen molar-refractivity contribution in [2.45, 2.75) is 32.4 Å². The zero-order chi connectivity index (χ0) is 15.4. The van der Waals surface area contributed by atoms with Crippen molar-refractivity contribution < 1.29 is 14.3 Å². The van der Waals surface area contributed by atoms with Crippen molar-refractivity contribution in [1.82, 2.24) is 4.90 Å². The summed E-state index contributed by atoms with van der Waals surface area (Å²) >= 11 is 3.45. The molecular weight excluding hydrogens is 334 g/mol. The zero-order valence-corrected chi connectivity index (χ0v) is 14.4. The topological polar surface area (TPSA) is 38.8 Å². The molecule has 0 bridgehead atoms. The van der Waals surface area contributed by atoms with Gasteiger partial charge in [0.2, 0.25) is 0 Å². The predicted molar refractivity (Wildman–Crippen MR) is 85.9 cm³/mol. The van der Waals surface area contributed by atoms with Crippen LogP contribution in [0.3, 0.4) is 0 Å². The number of nitrogens with zero attached hydrogens (tertiary/aromatic N) is 1. The standard InChI is InChI=1S/C16H22BrNO3/c1-11(2)18-6-7-21-16(10-18)14(19)9-12-4-5-15(20-3)13(17)8-12/h4-5,8,11,16H,6-7,9-10H2,1-3H3. The number of morpholine rings is 1. The molecule has 4 nitrogen and oxygen atoms in total. The number of methoxy groups -OCH3 is 1. The van der Waals surface area contributed by atoms with Crippen LogP contribution in [0.5, 0.6) is 5.75 Å². The highest BCUT2D eigenvalue weighted by atomic mass is 79.9. The van der Waals surface area contributed by atoms with Crippen LogP contribution in [0.4, 0.5) is 0 Å². The van der Waals surface area contributed by atoms with Crippen molar-refractivity contribution in [3.05, 3.63) is 28.2 Å². The number of halogens is 1. The lowest BCUT2D eigenvalue weighted by Crippen LogP contribution is -2.49. The van der Waals surface area contributed by atoms with Crippen molar-refractivity contribution in [3.63, 3.8) is 0 Å². The molecule has 1 aliphatic heterocycles. The molecule has 1 fully saturated rings. The molecule has 1 aromatic rings. The van der Waals surface area contributed by atoms with E-state index in [1.807, 2.05) is 18.2 Å². The lowest BCUT2D eigenvalue weighted by molar-refractivity contribution is -0.136. The monoisotopic (exact) mass is 355 g/mol. The molecule has 0 spiro atoms. The lowest BCUT2D eigenvalue weighted by Gasteiger charge is -2.34. The maximum Gasteiger partial charge on any atom is 0.167 e. The number of benzene rings is 1. The molecule has 1 aliphatic rings. The predicted octanol–water partition coefficient (Wildman–Crippen LogP) is 2.68. The summed E-state index contributed by atoms with van der Waals surface area (Å²) in [6, 6.07) is 6.17. The summed E-state index contributed by atoms with van der Waals surface area (Å²) in [7, 11) is 1.63. The van der Waals surface area contributed by atoms with Crippen molar-refractivity contribution in [2.75, 3.05) is 26.8 Å². The van der Waals surface area contributed by atoms with E-state index in [9.17, 15) is 4.79 Å². The Bertz CT molecular complexity index is 504. The third-order valence-corrected chi connectivity index (χ3v) is 4.40. The van der Waals surface area contributed by atoms with Crippen LogP contribution in [0.1, 0.15) is 19.4 Å². The minimum atomic E-state index is -0.318. The van der Waals surface area contributed by atoms with Crippen molar-refractivity contribution in [3.8, 4) is 5.75 Å². The molecule has 1 aromatic carbocycles. The van der Waals surface area contributed by atoms with E-state index in [2.05, 4.69) is 34.7 Å². The van der Waals surface area contributed by atoms with Crippen LogP contribution < -0.4 is 4.74 Å². The van der Waals surface area contributed by atoms with Gasteiger partial charge in [-0.2, -0.15) is 0 Å². The fourth-order valence-electron chi connectivity index (χ4n) is 2.47. The summed E-state index contributed by atoms with van der Waals surface area (Å²) in [5.41, 5.74) is 0.970. The molecule has 0 N–H and O–H groups in total. The highest BCUT2D eigenvalue weighted by Gasteiger charge is 2.27. The van der Waals surface area contributed by atoms with E-state index >= 15 is 0 Å². The average molecular weight is 356 g/mol. The second kappa shape index (κ2) is 7.38. The quantitative estimate of drug-likeness (QED) is 0.813. The number of rotatable bonds is 5. The van der Waals surface area contributed by atoms with Crippen LogP contribution in [-0.4, -0.2) is 49.6 Å². The summed E-state index contributed by atoms with van der Waals surface area (Å²) in [6.07, 6.45) is 0.0705. The summed E-state index contributed by atoms with van der Waals surface area (Å²) in [5, 5.41) is 0. The molecular formula is C16H22BrNO3. The van der Waals surface area contributed by atoms with E-state index in [4.69, 9.17) is 9.47 Å². The Balaban J connectivity index is 1.99. The number of ether oxygens (including phenoxy) is 2. The fraction of sp³-hybridized carbons (Fsp3) is 0.562. The number of carbonyl (C=O) groups excluding carboxylic acids is 1. The molecule has 21 heavy (non-hydrogen) atoms. The van der Waals surface area contributed by atoms with Gasteiger partial charge in [-0.1, -0.05) is 6.07 Å². The Morgan fingerprint density at radius 1 is 1.52 bits per heavy atom. The smallest absolute Gasteiger partial charge is 0.167 e. The normalized spacial score (nSPS) is 19.8. The maximum atomic E-state index is 12.4. The number of Topliss-reactive ketones (excluding diaryl/α,β-unsaturated/α-hetero) is 1. The highest BCUT2D eigenvalue weighted by molar-refractivity contribution is 9.10. The van der Waals surface area contributed by atoms with Crippen LogP contribution >= 0.6 is 15.9 Å². The summed E-state index contributed by atoms with van der Waals surface area (Å²) in [4.78, 5) is 14.7. The van der Waals surface area contributed by atoms with Gasteiger partial charge in [-0.25, -0.2) is 0 Å². The number of carbonyl (C=O) groups is 1. The first-order valence-electron chi connectivity index (χ1n) is 7.22. The number of ketones is 1. The molecule has 0 aliphatic carbocycles. The zero-order valence-electron chi connectivity index (χ0n) is 12.8. The van der Waals surface area contributed by atoms with Gasteiger partial charge in [0.15, 0.2) is 5.78 Å². The Kier molecular flexibility index (Phi) is 5.79. The molecule has 0 saturated carbocycles. The molecule has 1 atom stereocenters. The van der Waals surface area contributed by atoms with Gasteiger partial charge in [0.05, 0.1) is 18.2 Å². The van der Waals surface area contributed by atoms with E-state index in [1.54, 1.807) is 7.11 Å². The largest absolute Gasteiger partial charge is 0.496 e. The molecule has 1 saturated heterocycles. The molecule has 5 heteroatoms. The van der Waals surface area contributed by atoms with E-state index < -0.39 is 0 Å².